The van der Waals surface area contributed by atoms with Gasteiger partial charge in [-0.3, -0.25) is 14.2 Å². The van der Waals surface area contributed by atoms with Gasteiger partial charge in [-0.1, -0.05) is 42.0 Å². The average molecular weight is 458 g/mol. The van der Waals surface area contributed by atoms with Gasteiger partial charge in [0.1, 0.15) is 17.2 Å². The fourth-order valence-corrected chi connectivity index (χ4v) is 5.98. The minimum atomic E-state index is -0.228. The lowest BCUT2D eigenvalue weighted by atomic mass is 9.97. The van der Waals surface area contributed by atoms with E-state index < -0.39 is 0 Å². The Labute approximate surface area is 197 Å². The molecule has 0 saturated carbocycles. The van der Waals surface area contributed by atoms with E-state index in [9.17, 15) is 9.59 Å². The molecule has 0 atom stereocenters. The molecule has 0 radical (unpaired) electrons. The van der Waals surface area contributed by atoms with E-state index in [1.54, 1.807) is 15.9 Å². The molecule has 0 fully saturated rings. The summed E-state index contributed by atoms with van der Waals surface area (Å²) in [6, 6.07) is 13.9. The fraction of sp³-hybridized carbons (Fsp3) is 0.296. The Bertz CT molecular complexity index is 1430. The molecule has 6 heteroatoms. The van der Waals surface area contributed by atoms with E-state index in [0.717, 1.165) is 64.0 Å². The number of nitrogens with one attached hydrogen (secondary N) is 1. The second-order valence-corrected chi connectivity index (χ2v) is 9.99. The number of carbonyl (C=O) groups is 1. The van der Waals surface area contributed by atoms with Crippen LogP contribution in [0.4, 0.5) is 5.69 Å². The maximum atomic E-state index is 13.8. The number of hydrogen-bond donors (Lipinski definition) is 1. The van der Waals surface area contributed by atoms with Crippen molar-refractivity contribution in [1.82, 2.24) is 9.55 Å². The van der Waals surface area contributed by atoms with Crippen molar-refractivity contribution in [2.45, 2.75) is 53.0 Å². The normalized spacial score (nSPS) is 13.2. The first-order valence-corrected chi connectivity index (χ1v) is 12.2. The van der Waals surface area contributed by atoms with Crippen LogP contribution in [0.5, 0.6) is 0 Å². The van der Waals surface area contributed by atoms with E-state index in [4.69, 9.17) is 4.98 Å². The van der Waals surface area contributed by atoms with Gasteiger partial charge in [-0.05, 0) is 69.2 Å². The average Bonchev–Trinajstić information content (AvgIpc) is 3.17. The summed E-state index contributed by atoms with van der Waals surface area (Å²) >= 11 is 1.64. The number of aromatic nitrogens is 2. The Balaban J connectivity index is 1.64. The standard InChI is InChI=1S/C27H27N3O2S/c1-16-8-6-11-19(14-16)25-29-26-23(20-12-4-5-13-21(20)33-26)27(32)30(25)15-22(31)28-24-17(2)9-7-10-18(24)3/h6-11,14H,4-5,12-13,15H2,1-3H3,(H,28,31). The molecule has 2 heterocycles. The molecule has 1 aliphatic carbocycles. The molecule has 5 nitrogen and oxygen atoms in total. The molecule has 1 aliphatic rings. The number of anilines is 1. The minimum absolute atomic E-state index is 0.0799. The first-order chi connectivity index (χ1) is 15.9. The maximum absolute atomic E-state index is 13.8. The third kappa shape index (κ3) is 4.00. The molecular formula is C27H27N3O2S. The van der Waals surface area contributed by atoms with Crippen LogP contribution in [-0.2, 0) is 24.2 Å². The van der Waals surface area contributed by atoms with Crippen LogP contribution in [-0.4, -0.2) is 15.5 Å². The Hall–Kier alpha value is -3.25. The second kappa shape index (κ2) is 8.60. The molecular weight excluding hydrogens is 430 g/mol. The number of nitrogens with zero attached hydrogens (tertiary/aromatic N) is 2. The third-order valence-corrected chi connectivity index (χ3v) is 7.58. The molecule has 0 bridgehead atoms. The smallest absolute Gasteiger partial charge is 0.263 e. The molecule has 0 saturated heterocycles. The number of rotatable bonds is 4. The zero-order valence-corrected chi connectivity index (χ0v) is 20.0. The Morgan fingerprint density at radius 3 is 2.55 bits per heavy atom. The van der Waals surface area contributed by atoms with Crippen molar-refractivity contribution in [1.29, 1.82) is 0 Å². The lowest BCUT2D eigenvalue weighted by Gasteiger charge is -2.16. The van der Waals surface area contributed by atoms with Crippen LogP contribution in [0.2, 0.25) is 0 Å². The van der Waals surface area contributed by atoms with Gasteiger partial charge in [-0.25, -0.2) is 4.98 Å². The SMILES string of the molecule is Cc1cccc(-c2nc3sc4c(c3c(=O)n2CC(=O)Nc2c(C)cccc2C)CCCC4)c1. The largest absolute Gasteiger partial charge is 0.324 e. The number of aryl methyl sites for hydroxylation is 5. The number of benzene rings is 2. The fourth-order valence-electron chi connectivity index (χ4n) is 4.72. The van der Waals surface area contributed by atoms with Gasteiger partial charge in [-0.2, -0.15) is 0 Å². The predicted molar refractivity (Wildman–Crippen MR) is 135 cm³/mol. The number of fused-ring (bicyclic) bond motifs is 3. The highest BCUT2D eigenvalue weighted by molar-refractivity contribution is 7.18. The van der Waals surface area contributed by atoms with E-state index >= 15 is 0 Å². The van der Waals surface area contributed by atoms with Gasteiger partial charge in [0.05, 0.1) is 5.39 Å². The molecule has 2 aromatic carbocycles. The highest BCUT2D eigenvalue weighted by atomic mass is 32.1. The summed E-state index contributed by atoms with van der Waals surface area (Å²) in [6.07, 6.45) is 4.15. The van der Waals surface area contributed by atoms with E-state index in [2.05, 4.69) is 5.32 Å². The monoisotopic (exact) mass is 457 g/mol. The number of thiophene rings is 1. The van der Waals surface area contributed by atoms with E-state index in [-0.39, 0.29) is 18.0 Å². The summed E-state index contributed by atoms with van der Waals surface area (Å²) in [6.45, 7) is 5.88. The molecule has 2 aromatic heterocycles. The molecule has 4 aromatic rings. The topological polar surface area (TPSA) is 64.0 Å². The molecule has 33 heavy (non-hydrogen) atoms. The lowest BCUT2D eigenvalue weighted by Crippen LogP contribution is -2.30. The minimum Gasteiger partial charge on any atom is -0.324 e. The molecule has 0 aliphatic heterocycles. The quantitative estimate of drug-likeness (QED) is 0.436. The maximum Gasteiger partial charge on any atom is 0.263 e. The first kappa shape index (κ1) is 21.6. The van der Waals surface area contributed by atoms with Crippen LogP contribution < -0.4 is 10.9 Å². The summed E-state index contributed by atoms with van der Waals surface area (Å²) in [5.74, 6) is 0.320. The summed E-state index contributed by atoms with van der Waals surface area (Å²) in [5.41, 5.74) is 5.74. The summed E-state index contributed by atoms with van der Waals surface area (Å²) in [7, 11) is 0. The first-order valence-electron chi connectivity index (χ1n) is 11.4. The summed E-state index contributed by atoms with van der Waals surface area (Å²) in [4.78, 5) is 34.0. The highest BCUT2D eigenvalue weighted by Crippen LogP contribution is 2.35. The zero-order chi connectivity index (χ0) is 23.1. The highest BCUT2D eigenvalue weighted by Gasteiger charge is 2.23. The van der Waals surface area contributed by atoms with Crippen molar-refractivity contribution in [3.05, 3.63) is 79.9 Å². The molecule has 0 unspecified atom stereocenters. The van der Waals surface area contributed by atoms with Gasteiger partial charge in [-0.15, -0.1) is 11.3 Å². The van der Waals surface area contributed by atoms with Crippen molar-refractivity contribution >= 4 is 33.1 Å². The van der Waals surface area contributed by atoms with Gasteiger partial charge in [0, 0.05) is 16.1 Å². The van der Waals surface area contributed by atoms with Gasteiger partial charge in [0.25, 0.3) is 5.56 Å². The van der Waals surface area contributed by atoms with E-state index in [1.165, 1.54) is 4.88 Å². The summed E-state index contributed by atoms with van der Waals surface area (Å²) in [5, 5.41) is 3.72. The van der Waals surface area contributed by atoms with Crippen LogP contribution in [0.1, 0.15) is 40.0 Å². The van der Waals surface area contributed by atoms with E-state index in [0.29, 0.717) is 11.2 Å². The van der Waals surface area contributed by atoms with Crippen molar-refractivity contribution in [2.24, 2.45) is 0 Å². The summed E-state index contributed by atoms with van der Waals surface area (Å²) < 4.78 is 1.56. The lowest BCUT2D eigenvalue weighted by molar-refractivity contribution is -0.116. The molecule has 168 valence electrons. The number of carbonyl (C=O) groups excluding carboxylic acids is 1. The van der Waals surface area contributed by atoms with Crippen LogP contribution in [0, 0.1) is 20.8 Å². The van der Waals surface area contributed by atoms with Crippen molar-refractivity contribution in [2.75, 3.05) is 5.32 Å². The Morgan fingerprint density at radius 2 is 1.79 bits per heavy atom. The molecule has 5 rings (SSSR count). The second-order valence-electron chi connectivity index (χ2n) is 8.90. The number of hydrogen-bond acceptors (Lipinski definition) is 4. The number of para-hydroxylation sites is 1. The van der Waals surface area contributed by atoms with E-state index in [1.807, 2.05) is 63.2 Å². The van der Waals surface area contributed by atoms with Gasteiger partial charge >= 0.3 is 0 Å². The molecule has 1 amide bonds. The van der Waals surface area contributed by atoms with Crippen molar-refractivity contribution in [3.8, 4) is 11.4 Å². The Kier molecular flexibility index (Phi) is 5.62. The molecule has 0 spiro atoms. The van der Waals surface area contributed by atoms with Crippen LogP contribution in [0.25, 0.3) is 21.6 Å². The van der Waals surface area contributed by atoms with Crippen LogP contribution in [0.15, 0.2) is 47.3 Å². The van der Waals surface area contributed by atoms with Crippen LogP contribution >= 0.6 is 11.3 Å². The van der Waals surface area contributed by atoms with Gasteiger partial charge in [0.15, 0.2) is 0 Å². The van der Waals surface area contributed by atoms with Gasteiger partial charge in [0.2, 0.25) is 5.91 Å². The van der Waals surface area contributed by atoms with Crippen molar-refractivity contribution in [3.63, 3.8) is 0 Å². The van der Waals surface area contributed by atoms with Crippen LogP contribution in [0.3, 0.4) is 0 Å². The third-order valence-electron chi connectivity index (χ3n) is 6.40. The number of amides is 1. The molecule has 1 N–H and O–H groups in total. The predicted octanol–water partition coefficient (Wildman–Crippen LogP) is 5.57. The van der Waals surface area contributed by atoms with Crippen molar-refractivity contribution < 1.29 is 4.79 Å². The van der Waals surface area contributed by atoms with Gasteiger partial charge < -0.3 is 5.32 Å². The Morgan fingerprint density at radius 1 is 1.06 bits per heavy atom. The zero-order valence-electron chi connectivity index (χ0n) is 19.2.